The van der Waals surface area contributed by atoms with Crippen LogP contribution in [0.15, 0.2) is 65.4 Å². The first-order valence-electron chi connectivity index (χ1n) is 14.4. The van der Waals surface area contributed by atoms with E-state index < -0.39 is 10.0 Å². The quantitative estimate of drug-likeness (QED) is 0.275. The molecule has 2 N–H and O–H groups in total. The first-order chi connectivity index (χ1) is 19.9. The smallest absolute Gasteiger partial charge is 0.243 e. The highest BCUT2D eigenvalue weighted by molar-refractivity contribution is 7.89. The second-order valence-electron chi connectivity index (χ2n) is 11.6. The lowest BCUT2D eigenvalue weighted by Gasteiger charge is -2.47. The van der Waals surface area contributed by atoms with Crippen molar-refractivity contribution in [3.63, 3.8) is 0 Å². The number of sulfonamides is 1. The number of nitrogens with one attached hydrogen (secondary N) is 2. The Balaban J connectivity index is 1.03. The van der Waals surface area contributed by atoms with Crippen LogP contribution in [0.5, 0.6) is 0 Å². The van der Waals surface area contributed by atoms with E-state index in [2.05, 4.69) is 48.1 Å². The molecule has 0 radical (unpaired) electrons. The molecule has 4 aromatic rings. The number of likely N-dealkylation sites (tertiary alicyclic amines) is 2. The highest BCUT2D eigenvalue weighted by Gasteiger charge is 2.37. The molecule has 2 aliphatic heterocycles. The SMILES string of the molecule is Cc1ccsc1CN1CCC2(CCN(Cc3ccc(S(=O)(=O)N(Cc4ncc[nH]4)Cc4ncc[nH]4)cc3)CC2)CC1. The maximum Gasteiger partial charge on any atom is 0.243 e. The summed E-state index contributed by atoms with van der Waals surface area (Å²) in [6, 6.07) is 9.62. The molecule has 0 unspecified atom stereocenters. The summed E-state index contributed by atoms with van der Waals surface area (Å²) in [6.07, 6.45) is 11.7. The largest absolute Gasteiger partial charge is 0.347 e. The van der Waals surface area contributed by atoms with Gasteiger partial charge in [-0.2, -0.15) is 4.31 Å². The molecule has 0 saturated carbocycles. The number of aryl methyl sites for hydroxylation is 1. The van der Waals surface area contributed by atoms with Gasteiger partial charge in [-0.15, -0.1) is 11.3 Å². The molecule has 1 aromatic carbocycles. The van der Waals surface area contributed by atoms with Gasteiger partial charge in [0.25, 0.3) is 0 Å². The highest BCUT2D eigenvalue weighted by atomic mass is 32.2. The Kier molecular flexibility index (Phi) is 8.41. The number of imidazole rings is 2. The van der Waals surface area contributed by atoms with Crippen LogP contribution in [-0.4, -0.2) is 68.6 Å². The number of hydrogen-bond donors (Lipinski definition) is 2. The molecule has 2 aliphatic rings. The molecular weight excluding hydrogens is 555 g/mol. The number of nitrogens with zero attached hydrogens (tertiary/aromatic N) is 5. The normalized spacial score (nSPS) is 18.4. The number of hydrogen-bond acceptors (Lipinski definition) is 7. The van der Waals surface area contributed by atoms with Gasteiger partial charge in [0, 0.05) is 42.8 Å². The summed E-state index contributed by atoms with van der Waals surface area (Å²) in [7, 11) is -3.75. The average Bonchev–Trinajstić information content (AvgIpc) is 3.77. The topological polar surface area (TPSA) is 101 Å². The standard InChI is InChI=1S/C30H39N7O2S2/c1-24-6-19-40-27(24)21-36-17-9-30(10-18-36)7-15-35(16-8-30)20-25-2-4-26(5-3-25)41(38,39)37(22-28-31-11-12-32-28)23-29-33-13-14-34-29/h2-6,11-14,19H,7-10,15-18,20-23H2,1H3,(H,31,32)(H,33,34). The second kappa shape index (κ2) is 12.2. The molecular formula is C30H39N7O2S2. The van der Waals surface area contributed by atoms with E-state index in [1.165, 1.54) is 53.5 Å². The lowest BCUT2D eigenvalue weighted by molar-refractivity contribution is 0.0302. The van der Waals surface area contributed by atoms with E-state index in [1.807, 2.05) is 23.5 Å². The van der Waals surface area contributed by atoms with E-state index in [9.17, 15) is 8.42 Å². The number of piperidine rings is 2. The summed E-state index contributed by atoms with van der Waals surface area (Å²) < 4.78 is 28.6. The summed E-state index contributed by atoms with van der Waals surface area (Å²) in [5, 5.41) is 2.21. The molecule has 0 amide bonds. The molecule has 0 bridgehead atoms. The van der Waals surface area contributed by atoms with Crippen LogP contribution in [0.25, 0.3) is 0 Å². The zero-order valence-electron chi connectivity index (χ0n) is 23.6. The van der Waals surface area contributed by atoms with Gasteiger partial charge in [-0.05, 0) is 98.9 Å². The molecule has 5 heterocycles. The lowest BCUT2D eigenvalue weighted by atomic mass is 9.71. The Morgan fingerprint density at radius 1 is 0.854 bits per heavy atom. The van der Waals surface area contributed by atoms with Gasteiger partial charge in [-0.3, -0.25) is 9.80 Å². The maximum atomic E-state index is 13.6. The molecule has 2 saturated heterocycles. The molecule has 2 fully saturated rings. The third kappa shape index (κ3) is 6.65. The molecule has 0 aliphatic carbocycles. The van der Waals surface area contributed by atoms with Gasteiger partial charge < -0.3 is 9.97 Å². The first-order valence-corrected chi connectivity index (χ1v) is 16.7. The number of aromatic nitrogens is 4. The fourth-order valence-electron chi connectivity index (χ4n) is 6.14. The van der Waals surface area contributed by atoms with E-state index in [0.717, 1.165) is 31.7 Å². The Labute approximate surface area is 246 Å². The second-order valence-corrected chi connectivity index (χ2v) is 14.5. The summed E-state index contributed by atoms with van der Waals surface area (Å²) in [5.74, 6) is 1.17. The molecule has 6 rings (SSSR count). The molecule has 218 valence electrons. The third-order valence-corrected chi connectivity index (χ3v) is 11.7. The van der Waals surface area contributed by atoms with Crippen LogP contribution in [0.4, 0.5) is 0 Å². The molecule has 9 nitrogen and oxygen atoms in total. The van der Waals surface area contributed by atoms with Crippen molar-refractivity contribution in [3.8, 4) is 0 Å². The summed E-state index contributed by atoms with van der Waals surface area (Å²) in [5.41, 5.74) is 3.06. The van der Waals surface area contributed by atoms with Crippen molar-refractivity contribution in [2.24, 2.45) is 5.41 Å². The summed E-state index contributed by atoms with van der Waals surface area (Å²) >= 11 is 1.88. The maximum absolute atomic E-state index is 13.6. The van der Waals surface area contributed by atoms with Gasteiger partial charge in [0.2, 0.25) is 10.0 Å². The van der Waals surface area contributed by atoms with Crippen LogP contribution in [0, 0.1) is 12.3 Å². The number of benzene rings is 1. The van der Waals surface area contributed by atoms with Crippen molar-refractivity contribution in [3.05, 3.63) is 88.2 Å². The van der Waals surface area contributed by atoms with Crippen LogP contribution in [0.2, 0.25) is 0 Å². The molecule has 0 atom stereocenters. The minimum Gasteiger partial charge on any atom is -0.347 e. The zero-order valence-corrected chi connectivity index (χ0v) is 25.3. The van der Waals surface area contributed by atoms with Crippen molar-refractivity contribution >= 4 is 21.4 Å². The van der Waals surface area contributed by atoms with E-state index in [0.29, 0.717) is 17.1 Å². The number of aromatic amines is 2. The van der Waals surface area contributed by atoms with Gasteiger partial charge in [0.15, 0.2) is 0 Å². The van der Waals surface area contributed by atoms with Crippen LogP contribution in [-0.2, 0) is 36.2 Å². The highest BCUT2D eigenvalue weighted by Crippen LogP contribution is 2.42. The van der Waals surface area contributed by atoms with Crippen molar-refractivity contribution < 1.29 is 8.42 Å². The van der Waals surface area contributed by atoms with Gasteiger partial charge in [-0.25, -0.2) is 18.4 Å². The monoisotopic (exact) mass is 593 g/mol. The minimum absolute atomic E-state index is 0.138. The van der Waals surface area contributed by atoms with Crippen molar-refractivity contribution in [2.45, 2.75) is 63.7 Å². The zero-order chi connectivity index (χ0) is 28.3. The van der Waals surface area contributed by atoms with Crippen LogP contribution in [0.3, 0.4) is 0 Å². The Morgan fingerprint density at radius 3 is 1.90 bits per heavy atom. The first kappa shape index (κ1) is 28.3. The minimum atomic E-state index is -3.75. The van der Waals surface area contributed by atoms with E-state index in [4.69, 9.17) is 0 Å². The number of rotatable bonds is 10. The van der Waals surface area contributed by atoms with Gasteiger partial charge in [0.05, 0.1) is 18.0 Å². The van der Waals surface area contributed by atoms with Crippen molar-refractivity contribution in [1.82, 2.24) is 34.0 Å². The van der Waals surface area contributed by atoms with Gasteiger partial charge in [0.1, 0.15) is 11.6 Å². The Morgan fingerprint density at radius 2 is 1.41 bits per heavy atom. The third-order valence-electron chi connectivity index (χ3n) is 8.90. The lowest BCUT2D eigenvalue weighted by Crippen LogP contribution is -2.46. The summed E-state index contributed by atoms with van der Waals surface area (Å²) in [4.78, 5) is 21.4. The predicted octanol–water partition coefficient (Wildman–Crippen LogP) is 4.77. The molecule has 1 spiro atoms. The fraction of sp³-hybridized carbons (Fsp3) is 0.467. The van der Waals surface area contributed by atoms with E-state index in [1.54, 1.807) is 36.9 Å². The molecule has 41 heavy (non-hydrogen) atoms. The average molecular weight is 594 g/mol. The Bertz CT molecular complexity index is 1440. The van der Waals surface area contributed by atoms with Crippen molar-refractivity contribution in [2.75, 3.05) is 26.2 Å². The Hall–Kier alpha value is -2.83. The van der Waals surface area contributed by atoms with E-state index >= 15 is 0 Å². The van der Waals surface area contributed by atoms with Crippen LogP contribution in [0.1, 0.15) is 53.3 Å². The summed E-state index contributed by atoms with van der Waals surface area (Å²) in [6.45, 7) is 9.04. The number of H-pyrrole nitrogens is 2. The number of thiophene rings is 1. The molecule has 11 heteroatoms. The van der Waals surface area contributed by atoms with Gasteiger partial charge >= 0.3 is 0 Å². The van der Waals surface area contributed by atoms with Gasteiger partial charge in [-0.1, -0.05) is 12.1 Å². The van der Waals surface area contributed by atoms with Crippen molar-refractivity contribution in [1.29, 1.82) is 0 Å². The molecule has 3 aromatic heterocycles. The fourth-order valence-corrected chi connectivity index (χ4v) is 8.45. The van der Waals surface area contributed by atoms with Crippen LogP contribution < -0.4 is 0 Å². The van der Waals surface area contributed by atoms with E-state index in [-0.39, 0.29) is 18.0 Å². The predicted molar refractivity (Wildman–Crippen MR) is 161 cm³/mol. The van der Waals surface area contributed by atoms with Crippen LogP contribution >= 0.6 is 11.3 Å².